The SMILES string of the molecule is COC(=O)C1CCN(C(=O)c2cnc3sccn3c2=O)CC1. The van der Waals surface area contributed by atoms with Crippen LogP contribution in [-0.4, -0.2) is 46.4 Å². The topological polar surface area (TPSA) is 81.0 Å². The number of rotatable bonds is 2. The zero-order chi connectivity index (χ0) is 15.7. The number of amides is 1. The number of piperidine rings is 1. The molecule has 116 valence electrons. The lowest BCUT2D eigenvalue weighted by Gasteiger charge is -2.30. The Balaban J connectivity index is 1.78. The smallest absolute Gasteiger partial charge is 0.308 e. The Morgan fingerprint density at radius 3 is 2.77 bits per heavy atom. The van der Waals surface area contributed by atoms with E-state index in [0.717, 1.165) is 0 Å². The van der Waals surface area contributed by atoms with Crippen molar-refractivity contribution in [1.29, 1.82) is 0 Å². The Labute approximate surface area is 130 Å². The highest BCUT2D eigenvalue weighted by Crippen LogP contribution is 2.19. The first-order chi connectivity index (χ1) is 10.6. The van der Waals surface area contributed by atoms with Gasteiger partial charge in [-0.3, -0.25) is 18.8 Å². The number of esters is 1. The summed E-state index contributed by atoms with van der Waals surface area (Å²) in [7, 11) is 1.36. The largest absolute Gasteiger partial charge is 0.469 e. The van der Waals surface area contributed by atoms with Gasteiger partial charge in [0.25, 0.3) is 11.5 Å². The van der Waals surface area contributed by atoms with Crippen molar-refractivity contribution >= 4 is 28.2 Å². The van der Waals surface area contributed by atoms with Crippen LogP contribution in [0.3, 0.4) is 0 Å². The van der Waals surface area contributed by atoms with Crippen molar-refractivity contribution in [2.75, 3.05) is 20.2 Å². The lowest BCUT2D eigenvalue weighted by Crippen LogP contribution is -2.42. The maximum absolute atomic E-state index is 12.5. The van der Waals surface area contributed by atoms with Crippen LogP contribution in [0.4, 0.5) is 0 Å². The molecule has 0 bridgehead atoms. The van der Waals surface area contributed by atoms with E-state index in [1.54, 1.807) is 16.5 Å². The summed E-state index contributed by atoms with van der Waals surface area (Å²) >= 11 is 1.34. The summed E-state index contributed by atoms with van der Waals surface area (Å²) < 4.78 is 6.10. The molecule has 1 saturated heterocycles. The molecular weight excluding hydrogens is 306 g/mol. The van der Waals surface area contributed by atoms with Gasteiger partial charge in [0.1, 0.15) is 5.56 Å². The summed E-state index contributed by atoms with van der Waals surface area (Å²) in [6, 6.07) is 0. The number of hydrogen-bond acceptors (Lipinski definition) is 6. The second-order valence-corrected chi connectivity index (χ2v) is 6.00. The van der Waals surface area contributed by atoms with Crippen LogP contribution in [0.25, 0.3) is 4.96 Å². The van der Waals surface area contributed by atoms with E-state index in [0.29, 0.717) is 30.9 Å². The van der Waals surface area contributed by atoms with Crippen LogP contribution in [0.1, 0.15) is 23.2 Å². The van der Waals surface area contributed by atoms with Gasteiger partial charge in [-0.2, -0.15) is 0 Å². The molecule has 0 spiro atoms. The van der Waals surface area contributed by atoms with E-state index in [1.807, 2.05) is 0 Å². The van der Waals surface area contributed by atoms with E-state index in [9.17, 15) is 14.4 Å². The number of carbonyl (C=O) groups is 2. The minimum atomic E-state index is -0.355. The average Bonchev–Trinajstić information content (AvgIpc) is 3.03. The predicted octanol–water partition coefficient (Wildman–Crippen LogP) is 0.781. The Morgan fingerprint density at radius 1 is 1.36 bits per heavy atom. The monoisotopic (exact) mass is 321 g/mol. The van der Waals surface area contributed by atoms with Crippen LogP contribution < -0.4 is 5.56 Å². The van der Waals surface area contributed by atoms with Gasteiger partial charge in [0.15, 0.2) is 4.96 Å². The molecule has 8 heteroatoms. The van der Waals surface area contributed by atoms with Crippen molar-refractivity contribution in [3.63, 3.8) is 0 Å². The fourth-order valence-electron chi connectivity index (χ4n) is 2.63. The number of ether oxygens (including phenoxy) is 1. The molecule has 7 nitrogen and oxygen atoms in total. The van der Waals surface area contributed by atoms with Gasteiger partial charge < -0.3 is 9.64 Å². The first-order valence-electron chi connectivity index (χ1n) is 6.94. The summed E-state index contributed by atoms with van der Waals surface area (Å²) in [5, 5.41) is 1.75. The van der Waals surface area contributed by atoms with Gasteiger partial charge in [-0.05, 0) is 12.8 Å². The van der Waals surface area contributed by atoms with Gasteiger partial charge in [-0.15, -0.1) is 11.3 Å². The molecule has 1 fully saturated rings. The first kappa shape index (κ1) is 14.7. The van der Waals surface area contributed by atoms with Crippen molar-refractivity contribution in [1.82, 2.24) is 14.3 Å². The van der Waals surface area contributed by atoms with Crippen molar-refractivity contribution < 1.29 is 14.3 Å². The van der Waals surface area contributed by atoms with Crippen LogP contribution in [0.2, 0.25) is 0 Å². The second-order valence-electron chi connectivity index (χ2n) is 5.12. The fourth-order valence-corrected chi connectivity index (χ4v) is 3.30. The number of hydrogen-bond donors (Lipinski definition) is 0. The summed E-state index contributed by atoms with van der Waals surface area (Å²) in [6.07, 6.45) is 4.04. The molecule has 0 atom stereocenters. The Bertz CT molecular complexity index is 774. The van der Waals surface area contributed by atoms with E-state index < -0.39 is 0 Å². The maximum Gasteiger partial charge on any atom is 0.308 e. The van der Waals surface area contributed by atoms with Gasteiger partial charge in [-0.25, -0.2) is 4.98 Å². The molecule has 1 aliphatic rings. The number of thiazole rings is 1. The molecular formula is C14H15N3O4S. The van der Waals surface area contributed by atoms with Crippen LogP contribution in [0.15, 0.2) is 22.6 Å². The Morgan fingerprint density at radius 2 is 2.09 bits per heavy atom. The molecule has 1 amide bonds. The van der Waals surface area contributed by atoms with E-state index in [1.165, 1.54) is 29.0 Å². The van der Waals surface area contributed by atoms with E-state index in [-0.39, 0.29) is 28.9 Å². The van der Waals surface area contributed by atoms with Crippen LogP contribution in [0, 0.1) is 5.92 Å². The van der Waals surface area contributed by atoms with Gasteiger partial charge in [0.2, 0.25) is 0 Å². The summed E-state index contributed by atoms with van der Waals surface area (Å²) in [6.45, 7) is 0.870. The van der Waals surface area contributed by atoms with Gasteiger partial charge in [0, 0.05) is 30.9 Å². The molecule has 1 aliphatic heterocycles. The third-order valence-corrected chi connectivity index (χ3v) is 4.66. The average molecular weight is 321 g/mol. The van der Waals surface area contributed by atoms with Crippen LogP contribution in [0.5, 0.6) is 0 Å². The molecule has 3 rings (SSSR count). The predicted molar refractivity (Wildman–Crippen MR) is 80.0 cm³/mol. The molecule has 0 N–H and O–H groups in total. The molecule has 0 saturated carbocycles. The molecule has 0 aromatic carbocycles. The molecule has 3 heterocycles. The minimum absolute atomic E-state index is 0.0624. The number of carbonyl (C=O) groups excluding carboxylic acids is 2. The molecule has 2 aromatic heterocycles. The standard InChI is InChI=1S/C14H15N3O4S/c1-21-13(20)9-2-4-16(5-3-9)11(18)10-8-15-14-17(12(10)19)6-7-22-14/h6-9H,2-5H2,1H3. The number of fused-ring (bicyclic) bond motifs is 1. The fraction of sp³-hybridized carbons (Fsp3) is 0.429. The number of nitrogens with zero attached hydrogens (tertiary/aromatic N) is 3. The lowest BCUT2D eigenvalue weighted by molar-refractivity contribution is -0.146. The zero-order valence-corrected chi connectivity index (χ0v) is 12.8. The minimum Gasteiger partial charge on any atom is -0.469 e. The molecule has 22 heavy (non-hydrogen) atoms. The third-order valence-electron chi connectivity index (χ3n) is 3.89. The summed E-state index contributed by atoms with van der Waals surface area (Å²) in [4.78, 5) is 42.6. The summed E-state index contributed by atoms with van der Waals surface area (Å²) in [5.74, 6) is -0.748. The molecule has 0 radical (unpaired) electrons. The summed E-state index contributed by atoms with van der Waals surface area (Å²) in [5.41, 5.74) is -0.293. The number of aromatic nitrogens is 2. The van der Waals surface area contributed by atoms with Gasteiger partial charge in [-0.1, -0.05) is 0 Å². The third kappa shape index (κ3) is 2.50. The number of likely N-dealkylation sites (tertiary alicyclic amines) is 1. The quantitative estimate of drug-likeness (QED) is 0.764. The highest BCUT2D eigenvalue weighted by atomic mass is 32.1. The van der Waals surface area contributed by atoms with E-state index in [2.05, 4.69) is 4.98 Å². The second kappa shape index (κ2) is 5.88. The normalized spacial score (nSPS) is 16.0. The van der Waals surface area contributed by atoms with Crippen molar-refractivity contribution in [3.05, 3.63) is 33.7 Å². The van der Waals surface area contributed by atoms with Crippen molar-refractivity contribution in [2.45, 2.75) is 12.8 Å². The van der Waals surface area contributed by atoms with Crippen LogP contribution >= 0.6 is 11.3 Å². The first-order valence-corrected chi connectivity index (χ1v) is 7.81. The van der Waals surface area contributed by atoms with Crippen LogP contribution in [-0.2, 0) is 9.53 Å². The highest BCUT2D eigenvalue weighted by molar-refractivity contribution is 7.15. The highest BCUT2D eigenvalue weighted by Gasteiger charge is 2.29. The molecule has 0 aliphatic carbocycles. The molecule has 0 unspecified atom stereocenters. The van der Waals surface area contributed by atoms with Gasteiger partial charge in [0.05, 0.1) is 13.0 Å². The van der Waals surface area contributed by atoms with E-state index in [4.69, 9.17) is 4.74 Å². The Hall–Kier alpha value is -2.22. The number of methoxy groups -OCH3 is 1. The van der Waals surface area contributed by atoms with E-state index >= 15 is 0 Å². The Kier molecular flexibility index (Phi) is 3.93. The van der Waals surface area contributed by atoms with Crippen molar-refractivity contribution in [3.8, 4) is 0 Å². The van der Waals surface area contributed by atoms with Gasteiger partial charge >= 0.3 is 5.97 Å². The maximum atomic E-state index is 12.5. The zero-order valence-electron chi connectivity index (χ0n) is 12.0. The lowest BCUT2D eigenvalue weighted by atomic mass is 9.96. The van der Waals surface area contributed by atoms with Crippen molar-refractivity contribution in [2.24, 2.45) is 5.92 Å². The molecule has 2 aromatic rings.